The van der Waals surface area contributed by atoms with Gasteiger partial charge in [-0.1, -0.05) is 84.4 Å². The monoisotopic (exact) mass is 362 g/mol. The summed E-state index contributed by atoms with van der Waals surface area (Å²) >= 11 is 0. The van der Waals surface area contributed by atoms with Crippen molar-refractivity contribution in [3.63, 3.8) is 0 Å². The van der Waals surface area contributed by atoms with Crippen LogP contribution in [0.2, 0.25) is 0 Å². The Morgan fingerprint density at radius 2 is 1.39 bits per heavy atom. The molecule has 0 saturated heterocycles. The van der Waals surface area contributed by atoms with Crippen LogP contribution < -0.4 is 4.74 Å². The molecule has 1 aliphatic rings. The second-order valence-corrected chi connectivity index (χ2v) is 7.56. The van der Waals surface area contributed by atoms with Crippen LogP contribution in [0.15, 0.2) is 91.0 Å². The summed E-state index contributed by atoms with van der Waals surface area (Å²) in [5.41, 5.74) is 5.20. The van der Waals surface area contributed by atoms with E-state index in [-0.39, 0.29) is 0 Å². The zero-order valence-corrected chi connectivity index (χ0v) is 16.1. The van der Waals surface area contributed by atoms with Gasteiger partial charge in [0.2, 0.25) is 0 Å². The predicted octanol–water partition coefficient (Wildman–Crippen LogP) is 6.81. The lowest BCUT2D eigenvalue weighted by Gasteiger charge is -2.37. The Labute approximate surface area is 165 Å². The molecule has 136 valence electrons. The first-order valence-electron chi connectivity index (χ1n) is 9.71. The minimum absolute atomic E-state index is 0.630. The third-order valence-corrected chi connectivity index (χ3v) is 5.66. The summed E-state index contributed by atoms with van der Waals surface area (Å²) in [5.74, 6) is 0.964. The van der Waals surface area contributed by atoms with Crippen LogP contribution in [-0.4, -0.2) is 0 Å². The first kappa shape index (κ1) is 16.8. The van der Waals surface area contributed by atoms with Gasteiger partial charge in [-0.15, -0.1) is 0 Å². The molecule has 0 aromatic heterocycles. The van der Waals surface area contributed by atoms with Crippen LogP contribution in [0.5, 0.6) is 5.75 Å². The van der Waals surface area contributed by atoms with Crippen molar-refractivity contribution >= 4 is 16.8 Å². The van der Waals surface area contributed by atoms with Gasteiger partial charge in [0.05, 0.1) is 0 Å². The molecule has 0 saturated carbocycles. The summed E-state index contributed by atoms with van der Waals surface area (Å²) in [6.07, 6.45) is 4.45. The molecule has 0 aliphatic carbocycles. The topological polar surface area (TPSA) is 9.23 Å². The largest absolute Gasteiger partial charge is 0.473 e. The summed E-state index contributed by atoms with van der Waals surface area (Å²) in [6.45, 7) is 4.25. The van der Waals surface area contributed by atoms with E-state index in [1.807, 2.05) is 6.07 Å². The summed E-state index contributed by atoms with van der Waals surface area (Å²) < 4.78 is 6.88. The first-order chi connectivity index (χ1) is 13.7. The fourth-order valence-corrected chi connectivity index (χ4v) is 4.16. The van der Waals surface area contributed by atoms with Gasteiger partial charge >= 0.3 is 0 Å². The number of aryl methyl sites for hydroxylation is 2. The quantitative estimate of drug-likeness (QED) is 0.381. The lowest BCUT2D eigenvalue weighted by molar-refractivity contribution is 0.160. The van der Waals surface area contributed by atoms with E-state index < -0.39 is 5.60 Å². The molecule has 1 nitrogen and oxygen atoms in total. The molecule has 5 rings (SSSR count). The summed E-state index contributed by atoms with van der Waals surface area (Å²) in [6, 6.07) is 29.9. The molecule has 1 atom stereocenters. The highest BCUT2D eigenvalue weighted by Crippen LogP contribution is 2.45. The zero-order valence-electron chi connectivity index (χ0n) is 16.1. The van der Waals surface area contributed by atoms with E-state index in [9.17, 15) is 0 Å². The van der Waals surface area contributed by atoms with E-state index in [4.69, 9.17) is 4.74 Å². The summed E-state index contributed by atoms with van der Waals surface area (Å²) in [5, 5.41) is 2.47. The number of rotatable bonds is 2. The van der Waals surface area contributed by atoms with Crippen LogP contribution in [0.1, 0.15) is 27.8 Å². The van der Waals surface area contributed by atoms with Crippen molar-refractivity contribution in [1.29, 1.82) is 0 Å². The molecule has 0 fully saturated rings. The van der Waals surface area contributed by atoms with Crippen molar-refractivity contribution in [3.8, 4) is 5.75 Å². The highest BCUT2D eigenvalue weighted by Gasteiger charge is 2.37. The Kier molecular flexibility index (Phi) is 3.84. The van der Waals surface area contributed by atoms with E-state index >= 15 is 0 Å². The molecule has 0 bridgehead atoms. The molecule has 1 unspecified atom stereocenters. The van der Waals surface area contributed by atoms with Gasteiger partial charge in [0.15, 0.2) is 5.60 Å². The Morgan fingerprint density at radius 3 is 2.18 bits per heavy atom. The van der Waals surface area contributed by atoms with E-state index in [0.29, 0.717) is 0 Å². The zero-order chi connectivity index (χ0) is 19.1. The highest BCUT2D eigenvalue weighted by atomic mass is 16.5. The van der Waals surface area contributed by atoms with Crippen molar-refractivity contribution in [2.75, 3.05) is 0 Å². The van der Waals surface area contributed by atoms with Crippen LogP contribution in [-0.2, 0) is 5.60 Å². The van der Waals surface area contributed by atoms with Gasteiger partial charge in [-0.2, -0.15) is 0 Å². The Balaban J connectivity index is 1.77. The molecule has 1 heterocycles. The highest BCUT2D eigenvalue weighted by molar-refractivity contribution is 5.95. The fourth-order valence-electron chi connectivity index (χ4n) is 4.16. The fraction of sp³-hybridized carbons (Fsp3) is 0.111. The molecule has 0 spiro atoms. The minimum atomic E-state index is -0.630. The average Bonchev–Trinajstić information content (AvgIpc) is 2.75. The average molecular weight is 362 g/mol. The van der Waals surface area contributed by atoms with Gasteiger partial charge in [-0.3, -0.25) is 0 Å². The van der Waals surface area contributed by atoms with Crippen molar-refractivity contribution in [3.05, 3.63) is 119 Å². The van der Waals surface area contributed by atoms with Gasteiger partial charge in [-0.25, -0.2) is 0 Å². The van der Waals surface area contributed by atoms with E-state index in [2.05, 4.69) is 105 Å². The maximum Gasteiger partial charge on any atom is 0.178 e. The van der Waals surface area contributed by atoms with Crippen LogP contribution in [0.4, 0.5) is 0 Å². The molecule has 4 aromatic carbocycles. The SMILES string of the molecule is Cc1ccc(C2(c3ccccc3)C=Cc3c(c(C)cc4ccccc34)O2)cc1. The molecule has 0 radical (unpaired) electrons. The second kappa shape index (κ2) is 6.38. The lowest BCUT2D eigenvalue weighted by Crippen LogP contribution is -2.34. The van der Waals surface area contributed by atoms with Crippen molar-refractivity contribution in [2.24, 2.45) is 0 Å². The maximum absolute atomic E-state index is 6.88. The van der Waals surface area contributed by atoms with Gasteiger partial charge < -0.3 is 4.74 Å². The minimum Gasteiger partial charge on any atom is -0.473 e. The summed E-state index contributed by atoms with van der Waals surface area (Å²) in [7, 11) is 0. The van der Waals surface area contributed by atoms with Crippen LogP contribution >= 0.6 is 0 Å². The first-order valence-corrected chi connectivity index (χ1v) is 9.71. The molecule has 4 aromatic rings. The smallest absolute Gasteiger partial charge is 0.178 e. The molecule has 1 aliphatic heterocycles. The molecule has 0 amide bonds. The third-order valence-electron chi connectivity index (χ3n) is 5.66. The van der Waals surface area contributed by atoms with E-state index in [1.54, 1.807) is 0 Å². The molecule has 1 heteroatoms. The summed E-state index contributed by atoms with van der Waals surface area (Å²) in [4.78, 5) is 0. The number of hydrogen-bond donors (Lipinski definition) is 0. The van der Waals surface area contributed by atoms with E-state index in [0.717, 1.165) is 28.0 Å². The molecule has 28 heavy (non-hydrogen) atoms. The van der Waals surface area contributed by atoms with Gasteiger partial charge in [0, 0.05) is 16.7 Å². The van der Waals surface area contributed by atoms with Gasteiger partial charge in [0.25, 0.3) is 0 Å². The van der Waals surface area contributed by atoms with E-state index in [1.165, 1.54) is 16.3 Å². The Hall–Kier alpha value is -3.32. The number of ether oxygens (including phenoxy) is 1. The number of fused-ring (bicyclic) bond motifs is 3. The van der Waals surface area contributed by atoms with Crippen molar-refractivity contribution in [1.82, 2.24) is 0 Å². The lowest BCUT2D eigenvalue weighted by atomic mass is 9.82. The second-order valence-electron chi connectivity index (χ2n) is 7.56. The van der Waals surface area contributed by atoms with Crippen molar-refractivity contribution in [2.45, 2.75) is 19.4 Å². The Morgan fingerprint density at radius 1 is 0.714 bits per heavy atom. The molecular formula is C27H22O. The number of benzene rings is 4. The van der Waals surface area contributed by atoms with Crippen LogP contribution in [0.25, 0.3) is 16.8 Å². The number of hydrogen-bond acceptors (Lipinski definition) is 1. The molecular weight excluding hydrogens is 340 g/mol. The van der Waals surface area contributed by atoms with Crippen molar-refractivity contribution < 1.29 is 4.74 Å². The van der Waals surface area contributed by atoms with Gasteiger partial charge in [-0.05, 0) is 48.4 Å². The third kappa shape index (κ3) is 2.55. The van der Waals surface area contributed by atoms with Crippen LogP contribution in [0.3, 0.4) is 0 Å². The normalized spacial score (nSPS) is 17.9. The molecule has 0 N–H and O–H groups in total. The predicted molar refractivity (Wildman–Crippen MR) is 117 cm³/mol. The Bertz CT molecular complexity index is 1190. The van der Waals surface area contributed by atoms with Gasteiger partial charge in [0.1, 0.15) is 5.75 Å². The van der Waals surface area contributed by atoms with Crippen LogP contribution in [0, 0.1) is 13.8 Å². The standard InChI is InChI=1S/C27H22O/c1-19-12-14-23(15-13-19)27(22-9-4-3-5-10-22)17-16-25-24-11-7-6-8-21(24)18-20(2)26(25)28-27/h3-18H,1-2H3. The maximum atomic E-state index is 6.88.